The summed E-state index contributed by atoms with van der Waals surface area (Å²) in [5, 5.41) is 0. The smallest absolute Gasteiger partial charge is 0.333 e. The van der Waals surface area contributed by atoms with Gasteiger partial charge in [0.2, 0.25) is 0 Å². The van der Waals surface area contributed by atoms with Crippen LogP contribution in [0.25, 0.3) is 33.4 Å². The second-order valence-corrected chi connectivity index (χ2v) is 21.0. The Morgan fingerprint density at radius 2 is 1.04 bits per heavy atom. The van der Waals surface area contributed by atoms with E-state index in [0.29, 0.717) is 0 Å². The summed E-state index contributed by atoms with van der Waals surface area (Å²) in [6.45, 7) is 6.99. The van der Waals surface area contributed by atoms with Crippen LogP contribution in [0.1, 0.15) is 72.6 Å². The zero-order valence-corrected chi connectivity index (χ0v) is 40.9. The third kappa shape index (κ3) is 5.42. The van der Waals surface area contributed by atoms with Gasteiger partial charge >= 0.3 is 6.85 Å². The predicted molar refractivity (Wildman–Crippen MR) is 302 cm³/mol. The number of aryl methyl sites for hydroxylation is 1. The topological polar surface area (TPSA) is 9.72 Å². The lowest BCUT2D eigenvalue weighted by Gasteiger charge is -2.52. The van der Waals surface area contributed by atoms with E-state index in [-0.39, 0.29) is 12.3 Å². The van der Waals surface area contributed by atoms with Crippen LogP contribution in [-0.4, -0.2) is 6.85 Å². The van der Waals surface area contributed by atoms with E-state index in [1.165, 1.54) is 125 Å². The maximum atomic E-state index is 2.69. The van der Waals surface area contributed by atoms with Gasteiger partial charge in [-0.15, -0.1) is 0 Å². The van der Waals surface area contributed by atoms with Crippen LogP contribution in [-0.2, 0) is 17.3 Å². The normalized spacial score (nSPS) is 14.9. The maximum absolute atomic E-state index is 2.69. The molecule has 10 aromatic rings. The maximum Gasteiger partial charge on any atom is 0.333 e. The third-order valence-electron chi connectivity index (χ3n) is 17.0. The zero-order chi connectivity index (χ0) is 47.9. The molecule has 0 bridgehead atoms. The fourth-order valence-electron chi connectivity index (χ4n) is 14.0. The molecule has 3 aliphatic heterocycles. The molecule has 0 N–H and O–H groups in total. The van der Waals surface area contributed by atoms with Crippen LogP contribution in [0.5, 0.6) is 0 Å². The number of anilines is 8. The van der Waals surface area contributed by atoms with Crippen molar-refractivity contribution in [3.8, 4) is 33.4 Å². The van der Waals surface area contributed by atoms with Gasteiger partial charge in [-0.05, 0) is 151 Å². The standard InChI is InChI=1S/C68H52BN3/c1-4-5-21-44-36-38-46(39-37-44)70(45-22-8-6-9-23-45)48-40-41-52-61(42-48)72(47-24-10-7-11-25-47)69-59-34-20-33-57-66(59)71(62-43-58-63(64(52)65(62)69)51-28-14-15-29-53(51)67(58,2)3)60-35-19-18-32-56(60)68(57)54-30-16-12-26-49(54)50-27-13-17-31-55(50)68/h6-20,22-43H,4-5,21H2,1-3H3. The van der Waals surface area contributed by atoms with Gasteiger partial charge in [0, 0.05) is 50.8 Å². The molecule has 72 heavy (non-hydrogen) atoms. The molecular weight excluding hydrogens is 870 g/mol. The first kappa shape index (κ1) is 41.4. The number of para-hydroxylation sites is 4. The summed E-state index contributed by atoms with van der Waals surface area (Å²) in [6, 6.07) is 85.5. The van der Waals surface area contributed by atoms with Gasteiger partial charge in [-0.3, -0.25) is 0 Å². The number of benzene rings is 10. The van der Waals surface area contributed by atoms with Crippen LogP contribution < -0.4 is 25.5 Å². The summed E-state index contributed by atoms with van der Waals surface area (Å²) in [5.41, 5.74) is 28.9. The van der Waals surface area contributed by atoms with Crippen molar-refractivity contribution in [1.29, 1.82) is 0 Å². The van der Waals surface area contributed by atoms with Gasteiger partial charge in [-0.2, -0.15) is 0 Å². The van der Waals surface area contributed by atoms with Crippen LogP contribution in [0.2, 0.25) is 0 Å². The van der Waals surface area contributed by atoms with Crippen LogP contribution >= 0.6 is 0 Å². The van der Waals surface area contributed by atoms with E-state index in [4.69, 9.17) is 0 Å². The molecular formula is C68H52BN3. The molecule has 1 spiro atoms. The van der Waals surface area contributed by atoms with E-state index >= 15 is 0 Å². The molecule has 342 valence electrons. The largest absolute Gasteiger partial charge is 0.376 e. The Hall–Kier alpha value is -8.34. The lowest BCUT2D eigenvalue weighted by Crippen LogP contribution is -2.63. The quantitative estimate of drug-likeness (QED) is 0.148. The highest BCUT2D eigenvalue weighted by Crippen LogP contribution is 2.65. The van der Waals surface area contributed by atoms with Crippen molar-refractivity contribution in [1.82, 2.24) is 0 Å². The first-order chi connectivity index (χ1) is 35.5. The van der Waals surface area contributed by atoms with Gasteiger partial charge in [-0.1, -0.05) is 191 Å². The molecule has 5 aliphatic rings. The summed E-state index contributed by atoms with van der Waals surface area (Å²) < 4.78 is 0. The Morgan fingerprint density at radius 1 is 0.444 bits per heavy atom. The van der Waals surface area contributed by atoms with Crippen molar-refractivity contribution in [3.05, 3.63) is 263 Å². The average molecular weight is 922 g/mol. The Morgan fingerprint density at radius 3 is 1.76 bits per heavy atom. The minimum Gasteiger partial charge on any atom is -0.376 e. The summed E-state index contributed by atoms with van der Waals surface area (Å²) >= 11 is 0. The molecule has 0 amide bonds. The summed E-state index contributed by atoms with van der Waals surface area (Å²) in [4.78, 5) is 7.83. The van der Waals surface area contributed by atoms with Crippen molar-refractivity contribution in [3.63, 3.8) is 0 Å². The number of rotatable bonds is 7. The summed E-state index contributed by atoms with van der Waals surface area (Å²) in [7, 11) is 0. The Kier molecular flexibility index (Phi) is 8.83. The Labute approximate surface area is 423 Å². The number of nitrogens with zero attached hydrogens (tertiary/aromatic N) is 3. The van der Waals surface area contributed by atoms with Gasteiger partial charge in [0.05, 0.1) is 11.1 Å². The van der Waals surface area contributed by atoms with E-state index in [0.717, 1.165) is 23.5 Å². The minimum absolute atomic E-state index is 0.162. The monoisotopic (exact) mass is 921 g/mol. The molecule has 0 saturated heterocycles. The Balaban J connectivity index is 1.07. The first-order valence-corrected chi connectivity index (χ1v) is 25.9. The van der Waals surface area contributed by atoms with E-state index in [9.17, 15) is 0 Å². The molecule has 3 heterocycles. The molecule has 0 unspecified atom stereocenters. The van der Waals surface area contributed by atoms with Crippen LogP contribution in [0, 0.1) is 0 Å². The minimum atomic E-state index is -0.530. The van der Waals surface area contributed by atoms with Gasteiger partial charge in [0.1, 0.15) is 0 Å². The molecule has 0 saturated carbocycles. The summed E-state index contributed by atoms with van der Waals surface area (Å²) in [5.74, 6) is 0. The highest BCUT2D eigenvalue weighted by molar-refractivity contribution is 6.94. The predicted octanol–water partition coefficient (Wildman–Crippen LogP) is 16.2. The van der Waals surface area contributed by atoms with E-state index in [1.54, 1.807) is 0 Å². The van der Waals surface area contributed by atoms with E-state index in [2.05, 4.69) is 260 Å². The molecule has 0 fully saturated rings. The number of hydrogen-bond acceptors (Lipinski definition) is 3. The zero-order valence-electron chi connectivity index (χ0n) is 40.9. The van der Waals surface area contributed by atoms with Gasteiger partial charge < -0.3 is 14.6 Å². The van der Waals surface area contributed by atoms with Crippen molar-refractivity contribution in [2.75, 3.05) is 14.6 Å². The number of unbranched alkanes of at least 4 members (excludes halogenated alkanes) is 1. The molecule has 0 radical (unpaired) electrons. The fraction of sp³-hybridized carbons (Fsp3) is 0.118. The van der Waals surface area contributed by atoms with Crippen molar-refractivity contribution in [2.24, 2.45) is 0 Å². The van der Waals surface area contributed by atoms with Crippen molar-refractivity contribution >= 4 is 63.3 Å². The molecule has 15 rings (SSSR count). The molecule has 0 atom stereocenters. The third-order valence-corrected chi connectivity index (χ3v) is 17.0. The average Bonchev–Trinajstić information content (AvgIpc) is 3.85. The van der Waals surface area contributed by atoms with Crippen LogP contribution in [0.3, 0.4) is 0 Å². The second kappa shape index (κ2) is 15.3. The number of hydrogen-bond donors (Lipinski definition) is 0. The fourth-order valence-corrected chi connectivity index (χ4v) is 14.0. The van der Waals surface area contributed by atoms with Crippen molar-refractivity contribution in [2.45, 2.75) is 50.9 Å². The molecule has 2 aliphatic carbocycles. The first-order valence-electron chi connectivity index (χ1n) is 25.9. The SMILES string of the molecule is CCCCc1ccc(N(c2ccccc2)c2ccc3c(c2)N(c2ccccc2)B2c4cccc5c4N(c4ccccc4C54c5ccccc5-c5ccccc54)c4cc5c(c-3c42)-c2ccccc2C5(C)C)cc1. The Bertz CT molecular complexity index is 3810. The molecule has 0 aromatic heterocycles. The van der Waals surface area contributed by atoms with Gasteiger partial charge in [0.25, 0.3) is 0 Å². The van der Waals surface area contributed by atoms with Crippen molar-refractivity contribution < 1.29 is 0 Å². The van der Waals surface area contributed by atoms with Gasteiger partial charge in [0.15, 0.2) is 0 Å². The second-order valence-electron chi connectivity index (χ2n) is 21.0. The van der Waals surface area contributed by atoms with Crippen LogP contribution in [0.15, 0.2) is 224 Å². The van der Waals surface area contributed by atoms with Gasteiger partial charge in [-0.25, -0.2) is 0 Å². The van der Waals surface area contributed by atoms with E-state index in [1.807, 2.05) is 0 Å². The van der Waals surface area contributed by atoms with E-state index < -0.39 is 5.41 Å². The number of fused-ring (bicyclic) bond motifs is 17. The summed E-state index contributed by atoms with van der Waals surface area (Å²) in [6.07, 6.45) is 3.46. The van der Waals surface area contributed by atoms with Crippen LogP contribution in [0.4, 0.5) is 45.5 Å². The lowest BCUT2D eigenvalue weighted by molar-refractivity contribution is 0.660. The molecule has 10 aromatic carbocycles. The highest BCUT2D eigenvalue weighted by Gasteiger charge is 2.56. The highest BCUT2D eigenvalue weighted by atomic mass is 15.2. The molecule has 3 nitrogen and oxygen atoms in total. The lowest BCUT2D eigenvalue weighted by atomic mass is 9.42. The molecule has 4 heteroatoms.